The maximum Gasteiger partial charge on any atom is 0.0502 e. The largest absolute Gasteiger partial charge is 0.367 e. The van der Waals surface area contributed by atoms with Gasteiger partial charge in [-0.05, 0) is 40.5 Å². The minimum Gasteiger partial charge on any atom is -0.367 e. The van der Waals surface area contributed by atoms with Crippen LogP contribution in [0.3, 0.4) is 0 Å². The summed E-state index contributed by atoms with van der Waals surface area (Å²) in [6.45, 7) is 17.0. The summed E-state index contributed by atoms with van der Waals surface area (Å²) in [6, 6.07) is 0. The molecular weight excluding hydrogens is 184 g/mol. The number of hydrogen-bond donors (Lipinski definition) is 0. The van der Waals surface area contributed by atoms with Gasteiger partial charge in [0.2, 0.25) is 0 Å². The lowest BCUT2D eigenvalue weighted by molar-refractivity contribution is 0.00540. The molecule has 0 amide bonds. The molecule has 1 atom stereocenters. The third-order valence-electron chi connectivity index (χ3n) is 4.06. The molecule has 2 heteroatoms. The first-order valence-corrected chi connectivity index (χ1v) is 6.03. The lowest BCUT2D eigenvalue weighted by Crippen LogP contribution is -2.61. The van der Waals surface area contributed by atoms with E-state index in [4.69, 9.17) is 0 Å². The monoisotopic (exact) mass is 208 g/mol. The number of fused-ring (bicyclic) bond motifs is 1. The molecule has 0 radical (unpaired) electrons. The van der Waals surface area contributed by atoms with Gasteiger partial charge in [-0.2, -0.15) is 0 Å². The molecule has 15 heavy (non-hydrogen) atoms. The molecule has 2 rings (SSSR count). The van der Waals surface area contributed by atoms with E-state index in [0.29, 0.717) is 11.1 Å². The van der Waals surface area contributed by atoms with E-state index in [1.165, 1.54) is 31.6 Å². The van der Waals surface area contributed by atoms with Crippen molar-refractivity contribution in [1.82, 2.24) is 9.80 Å². The number of piperazine rings is 1. The van der Waals surface area contributed by atoms with Crippen LogP contribution in [0.25, 0.3) is 0 Å². The van der Waals surface area contributed by atoms with Gasteiger partial charge in [0, 0.05) is 30.9 Å². The molecule has 2 saturated heterocycles. The molecule has 0 aromatic rings. The number of allylic oxidation sites excluding steroid dienone is 1. The smallest absolute Gasteiger partial charge is 0.0502 e. The normalized spacial score (nSPS) is 33.3. The van der Waals surface area contributed by atoms with Gasteiger partial charge < -0.3 is 4.90 Å². The standard InChI is InChI=1S/C13H24N2/c1-11-6-7-13(5)10-14(12(2,3)4)8-9-15(11)13/h1,6-10H2,2-5H3. The van der Waals surface area contributed by atoms with E-state index in [1.807, 2.05) is 0 Å². The van der Waals surface area contributed by atoms with Gasteiger partial charge in [-0.15, -0.1) is 0 Å². The maximum absolute atomic E-state index is 4.18. The third kappa shape index (κ3) is 1.80. The van der Waals surface area contributed by atoms with Crippen molar-refractivity contribution in [3.8, 4) is 0 Å². The zero-order valence-corrected chi connectivity index (χ0v) is 10.6. The summed E-state index contributed by atoms with van der Waals surface area (Å²) in [6.07, 6.45) is 2.47. The fraction of sp³-hybridized carbons (Fsp3) is 0.846. The Morgan fingerprint density at radius 2 is 1.93 bits per heavy atom. The highest BCUT2D eigenvalue weighted by Gasteiger charge is 2.44. The highest BCUT2D eigenvalue weighted by Crippen LogP contribution is 2.39. The summed E-state index contributed by atoms with van der Waals surface area (Å²) in [5.74, 6) is 0. The first-order chi connectivity index (χ1) is 6.83. The van der Waals surface area contributed by atoms with Crippen molar-refractivity contribution in [3.63, 3.8) is 0 Å². The van der Waals surface area contributed by atoms with Gasteiger partial charge in [-0.3, -0.25) is 4.90 Å². The van der Waals surface area contributed by atoms with E-state index in [-0.39, 0.29) is 0 Å². The molecule has 0 aromatic heterocycles. The van der Waals surface area contributed by atoms with Crippen LogP contribution in [0.2, 0.25) is 0 Å². The first-order valence-electron chi connectivity index (χ1n) is 6.03. The van der Waals surface area contributed by atoms with Crippen molar-refractivity contribution in [2.45, 2.75) is 51.6 Å². The van der Waals surface area contributed by atoms with Gasteiger partial charge >= 0.3 is 0 Å². The Morgan fingerprint density at radius 3 is 2.53 bits per heavy atom. The second-order valence-corrected chi connectivity index (χ2v) is 6.31. The average Bonchev–Trinajstić information content (AvgIpc) is 2.40. The van der Waals surface area contributed by atoms with Crippen molar-refractivity contribution in [2.24, 2.45) is 0 Å². The average molecular weight is 208 g/mol. The second-order valence-electron chi connectivity index (χ2n) is 6.31. The molecule has 2 nitrogen and oxygen atoms in total. The SMILES string of the molecule is C=C1CCC2(C)CN(C(C)(C)C)CCN12. The summed E-state index contributed by atoms with van der Waals surface area (Å²) in [5.41, 5.74) is 2.01. The van der Waals surface area contributed by atoms with Crippen molar-refractivity contribution in [1.29, 1.82) is 0 Å². The molecule has 2 aliphatic heterocycles. The van der Waals surface area contributed by atoms with Crippen LogP contribution in [-0.2, 0) is 0 Å². The molecule has 2 aliphatic rings. The van der Waals surface area contributed by atoms with Gasteiger partial charge in [-0.25, -0.2) is 0 Å². The van der Waals surface area contributed by atoms with Crippen molar-refractivity contribution in [2.75, 3.05) is 19.6 Å². The number of hydrogen-bond acceptors (Lipinski definition) is 2. The molecule has 1 unspecified atom stereocenters. The highest BCUT2D eigenvalue weighted by atomic mass is 15.3. The summed E-state index contributed by atoms with van der Waals surface area (Å²) in [5, 5.41) is 0. The number of nitrogens with zero attached hydrogens (tertiary/aromatic N) is 2. The van der Waals surface area contributed by atoms with Gasteiger partial charge in [0.25, 0.3) is 0 Å². The van der Waals surface area contributed by atoms with Gasteiger partial charge in [-0.1, -0.05) is 6.58 Å². The molecule has 0 aromatic carbocycles. The van der Waals surface area contributed by atoms with E-state index in [2.05, 4.69) is 44.1 Å². The quantitative estimate of drug-likeness (QED) is 0.603. The van der Waals surface area contributed by atoms with Crippen molar-refractivity contribution < 1.29 is 0 Å². The zero-order valence-electron chi connectivity index (χ0n) is 10.6. The van der Waals surface area contributed by atoms with E-state index in [1.54, 1.807) is 0 Å². The molecule has 0 spiro atoms. The third-order valence-corrected chi connectivity index (χ3v) is 4.06. The van der Waals surface area contributed by atoms with E-state index < -0.39 is 0 Å². The van der Waals surface area contributed by atoms with Crippen molar-refractivity contribution >= 4 is 0 Å². The molecule has 0 saturated carbocycles. The molecule has 2 heterocycles. The first kappa shape index (κ1) is 11.0. The van der Waals surface area contributed by atoms with E-state index in [0.717, 1.165) is 6.54 Å². The van der Waals surface area contributed by atoms with Crippen LogP contribution in [0.4, 0.5) is 0 Å². The van der Waals surface area contributed by atoms with Crippen LogP contribution in [-0.4, -0.2) is 40.5 Å². The summed E-state index contributed by atoms with van der Waals surface area (Å²) < 4.78 is 0. The fourth-order valence-corrected chi connectivity index (χ4v) is 2.94. The van der Waals surface area contributed by atoms with Crippen LogP contribution in [0.5, 0.6) is 0 Å². The summed E-state index contributed by atoms with van der Waals surface area (Å²) in [4.78, 5) is 5.15. The molecule has 0 aliphatic carbocycles. The Labute approximate surface area is 93.9 Å². The van der Waals surface area contributed by atoms with Crippen molar-refractivity contribution in [3.05, 3.63) is 12.3 Å². The predicted octanol–water partition coefficient (Wildman–Crippen LogP) is 2.47. The predicted molar refractivity (Wildman–Crippen MR) is 64.8 cm³/mol. The Morgan fingerprint density at radius 1 is 1.27 bits per heavy atom. The summed E-state index contributed by atoms with van der Waals surface area (Å²) >= 11 is 0. The number of rotatable bonds is 0. The van der Waals surface area contributed by atoms with Gasteiger partial charge in [0.15, 0.2) is 0 Å². The molecule has 0 bridgehead atoms. The van der Waals surface area contributed by atoms with Gasteiger partial charge in [0.05, 0.1) is 5.54 Å². The van der Waals surface area contributed by atoms with Crippen LogP contribution >= 0.6 is 0 Å². The second kappa shape index (κ2) is 3.24. The minimum atomic E-state index is 0.305. The Bertz CT molecular complexity index is 277. The lowest BCUT2D eigenvalue weighted by Gasteiger charge is -2.50. The highest BCUT2D eigenvalue weighted by molar-refractivity contribution is 5.13. The summed E-state index contributed by atoms with van der Waals surface area (Å²) in [7, 11) is 0. The topological polar surface area (TPSA) is 6.48 Å². The fourth-order valence-electron chi connectivity index (χ4n) is 2.94. The van der Waals surface area contributed by atoms with E-state index >= 15 is 0 Å². The van der Waals surface area contributed by atoms with Crippen LogP contribution in [0, 0.1) is 0 Å². The molecule has 0 N–H and O–H groups in total. The Kier molecular flexibility index (Phi) is 2.38. The Hall–Kier alpha value is -0.500. The Balaban J connectivity index is 2.15. The van der Waals surface area contributed by atoms with Gasteiger partial charge in [0.1, 0.15) is 0 Å². The molecule has 86 valence electrons. The molecule has 2 fully saturated rings. The van der Waals surface area contributed by atoms with E-state index in [9.17, 15) is 0 Å². The van der Waals surface area contributed by atoms with Crippen LogP contribution in [0.15, 0.2) is 12.3 Å². The lowest BCUT2D eigenvalue weighted by atomic mass is 9.92. The maximum atomic E-state index is 4.18. The minimum absolute atomic E-state index is 0.305. The van der Waals surface area contributed by atoms with Crippen LogP contribution < -0.4 is 0 Å². The molecular formula is C13H24N2. The zero-order chi connectivity index (χ0) is 11.3. The van der Waals surface area contributed by atoms with Crippen LogP contribution in [0.1, 0.15) is 40.5 Å².